The van der Waals surface area contributed by atoms with Gasteiger partial charge in [0.15, 0.2) is 0 Å². The van der Waals surface area contributed by atoms with E-state index in [1.165, 1.54) is 12.4 Å². The second-order valence-corrected chi connectivity index (χ2v) is 3.29. The van der Waals surface area contributed by atoms with Crippen LogP contribution in [0.1, 0.15) is 6.92 Å². The molecule has 17 heavy (non-hydrogen) atoms. The van der Waals surface area contributed by atoms with Gasteiger partial charge in [-0.05, 0) is 31.2 Å². The Balaban J connectivity index is 2.05. The summed E-state index contributed by atoms with van der Waals surface area (Å²) in [7, 11) is 0. The molecule has 0 amide bonds. The summed E-state index contributed by atoms with van der Waals surface area (Å²) in [6.45, 7) is 2.58. The number of benzene rings is 1. The SMILES string of the molecule is CCOc1ccc(Oc2cnc(N)cn2)cc1. The van der Waals surface area contributed by atoms with E-state index in [0.29, 0.717) is 24.1 Å². The minimum atomic E-state index is 0.365. The monoisotopic (exact) mass is 231 g/mol. The fourth-order valence-corrected chi connectivity index (χ4v) is 1.27. The average molecular weight is 231 g/mol. The van der Waals surface area contributed by atoms with Crippen LogP contribution >= 0.6 is 0 Å². The van der Waals surface area contributed by atoms with E-state index in [9.17, 15) is 0 Å². The smallest absolute Gasteiger partial charge is 0.237 e. The molecule has 2 N–H and O–H groups in total. The van der Waals surface area contributed by atoms with Crippen LogP contribution in [0.4, 0.5) is 5.82 Å². The van der Waals surface area contributed by atoms with Crippen LogP contribution in [0, 0.1) is 0 Å². The largest absolute Gasteiger partial charge is 0.494 e. The summed E-state index contributed by atoms with van der Waals surface area (Å²) in [6, 6.07) is 7.29. The highest BCUT2D eigenvalue weighted by molar-refractivity contribution is 5.34. The molecule has 1 aromatic heterocycles. The van der Waals surface area contributed by atoms with Crippen LogP contribution in [0.25, 0.3) is 0 Å². The molecule has 0 unspecified atom stereocenters. The Morgan fingerprint density at radius 3 is 2.35 bits per heavy atom. The summed E-state index contributed by atoms with van der Waals surface area (Å²) in [5.74, 6) is 2.25. The molecule has 0 atom stereocenters. The third kappa shape index (κ3) is 3.07. The van der Waals surface area contributed by atoms with Crippen LogP contribution in [0.2, 0.25) is 0 Å². The number of rotatable bonds is 4. The van der Waals surface area contributed by atoms with Gasteiger partial charge in [0.1, 0.15) is 17.3 Å². The van der Waals surface area contributed by atoms with Crippen LogP contribution in [0.5, 0.6) is 17.4 Å². The van der Waals surface area contributed by atoms with Crippen molar-refractivity contribution in [3.8, 4) is 17.4 Å². The van der Waals surface area contributed by atoms with E-state index in [1.54, 1.807) is 0 Å². The number of nitrogens with zero attached hydrogens (tertiary/aromatic N) is 2. The first kappa shape index (κ1) is 11.2. The molecule has 0 saturated heterocycles. The number of aromatic nitrogens is 2. The molecule has 0 bridgehead atoms. The first-order chi connectivity index (χ1) is 8.28. The molecule has 0 aliphatic rings. The molecule has 0 fully saturated rings. The summed E-state index contributed by atoms with van der Waals surface area (Å²) in [5, 5.41) is 0. The van der Waals surface area contributed by atoms with Gasteiger partial charge in [-0.3, -0.25) is 0 Å². The Hall–Kier alpha value is -2.30. The zero-order chi connectivity index (χ0) is 12.1. The molecule has 1 aromatic carbocycles. The molecule has 2 aromatic rings. The number of nitrogens with two attached hydrogens (primary N) is 1. The fourth-order valence-electron chi connectivity index (χ4n) is 1.27. The molecule has 0 radical (unpaired) electrons. The molecule has 0 saturated carbocycles. The minimum absolute atomic E-state index is 0.365. The lowest BCUT2D eigenvalue weighted by Gasteiger charge is -2.06. The first-order valence-corrected chi connectivity index (χ1v) is 5.26. The number of hydrogen-bond donors (Lipinski definition) is 1. The lowest BCUT2D eigenvalue weighted by atomic mass is 10.3. The van der Waals surface area contributed by atoms with Gasteiger partial charge in [0.25, 0.3) is 0 Å². The second kappa shape index (κ2) is 5.16. The molecule has 0 aliphatic carbocycles. The molecule has 1 heterocycles. The quantitative estimate of drug-likeness (QED) is 0.873. The Kier molecular flexibility index (Phi) is 3.40. The van der Waals surface area contributed by atoms with E-state index >= 15 is 0 Å². The van der Waals surface area contributed by atoms with Gasteiger partial charge in [0, 0.05) is 0 Å². The van der Waals surface area contributed by atoms with Gasteiger partial charge < -0.3 is 15.2 Å². The topological polar surface area (TPSA) is 70.3 Å². The van der Waals surface area contributed by atoms with E-state index in [4.69, 9.17) is 15.2 Å². The molecular weight excluding hydrogens is 218 g/mol. The summed E-state index contributed by atoms with van der Waals surface area (Å²) >= 11 is 0. The van der Waals surface area contributed by atoms with Gasteiger partial charge in [-0.15, -0.1) is 0 Å². The fraction of sp³-hybridized carbons (Fsp3) is 0.167. The number of hydrogen-bond acceptors (Lipinski definition) is 5. The van der Waals surface area contributed by atoms with E-state index in [-0.39, 0.29) is 0 Å². The highest BCUT2D eigenvalue weighted by Gasteiger charge is 1.99. The van der Waals surface area contributed by atoms with Gasteiger partial charge >= 0.3 is 0 Å². The van der Waals surface area contributed by atoms with Crippen molar-refractivity contribution in [1.82, 2.24) is 9.97 Å². The predicted molar refractivity (Wildman–Crippen MR) is 64.1 cm³/mol. The number of anilines is 1. The van der Waals surface area contributed by atoms with Crippen molar-refractivity contribution in [2.45, 2.75) is 6.92 Å². The van der Waals surface area contributed by atoms with Crippen LogP contribution in [-0.4, -0.2) is 16.6 Å². The first-order valence-electron chi connectivity index (χ1n) is 5.26. The zero-order valence-electron chi connectivity index (χ0n) is 9.46. The highest BCUT2D eigenvalue weighted by atomic mass is 16.5. The van der Waals surface area contributed by atoms with E-state index in [0.717, 1.165) is 5.75 Å². The Morgan fingerprint density at radius 1 is 1.06 bits per heavy atom. The standard InChI is InChI=1S/C12H13N3O2/c1-2-16-9-3-5-10(6-4-9)17-12-8-14-11(13)7-15-12/h3-8H,2H2,1H3,(H2,13,14). The predicted octanol–water partition coefficient (Wildman–Crippen LogP) is 2.25. The van der Waals surface area contributed by atoms with Crippen molar-refractivity contribution in [3.63, 3.8) is 0 Å². The van der Waals surface area contributed by atoms with Crippen LogP contribution < -0.4 is 15.2 Å². The molecule has 5 heteroatoms. The maximum absolute atomic E-state index is 5.48. The molecule has 0 aliphatic heterocycles. The van der Waals surface area contributed by atoms with Gasteiger partial charge in [-0.2, -0.15) is 0 Å². The van der Waals surface area contributed by atoms with E-state index in [1.807, 2.05) is 31.2 Å². The highest BCUT2D eigenvalue weighted by Crippen LogP contribution is 2.21. The van der Waals surface area contributed by atoms with Crippen molar-refractivity contribution >= 4 is 5.82 Å². The lowest BCUT2D eigenvalue weighted by molar-refractivity contribution is 0.339. The number of ether oxygens (including phenoxy) is 2. The summed E-state index contributed by atoms with van der Waals surface area (Å²) < 4.78 is 10.8. The molecule has 0 spiro atoms. The van der Waals surface area contributed by atoms with Crippen LogP contribution in [0.15, 0.2) is 36.7 Å². The molecule has 2 rings (SSSR count). The summed E-state index contributed by atoms with van der Waals surface area (Å²) in [5.41, 5.74) is 5.43. The van der Waals surface area contributed by atoms with Crippen molar-refractivity contribution in [3.05, 3.63) is 36.7 Å². The Bertz CT molecular complexity index is 468. The van der Waals surface area contributed by atoms with Gasteiger partial charge in [0.2, 0.25) is 5.88 Å². The van der Waals surface area contributed by atoms with Crippen LogP contribution in [-0.2, 0) is 0 Å². The Morgan fingerprint density at radius 2 is 1.76 bits per heavy atom. The van der Waals surface area contributed by atoms with E-state index in [2.05, 4.69) is 9.97 Å². The van der Waals surface area contributed by atoms with Crippen molar-refractivity contribution in [1.29, 1.82) is 0 Å². The third-order valence-corrected chi connectivity index (χ3v) is 2.01. The van der Waals surface area contributed by atoms with Gasteiger partial charge in [-0.1, -0.05) is 0 Å². The van der Waals surface area contributed by atoms with Crippen molar-refractivity contribution in [2.24, 2.45) is 0 Å². The summed E-state index contributed by atoms with van der Waals surface area (Å²) in [6.07, 6.45) is 2.93. The number of nitrogen functional groups attached to an aromatic ring is 1. The van der Waals surface area contributed by atoms with Crippen LogP contribution in [0.3, 0.4) is 0 Å². The zero-order valence-corrected chi connectivity index (χ0v) is 9.46. The molecule has 5 nitrogen and oxygen atoms in total. The van der Waals surface area contributed by atoms with Crippen molar-refractivity contribution < 1.29 is 9.47 Å². The Labute approximate surface area is 99.2 Å². The van der Waals surface area contributed by atoms with Gasteiger partial charge in [-0.25, -0.2) is 9.97 Å². The van der Waals surface area contributed by atoms with Gasteiger partial charge in [0.05, 0.1) is 19.0 Å². The second-order valence-electron chi connectivity index (χ2n) is 3.29. The average Bonchev–Trinajstić information content (AvgIpc) is 2.35. The maximum Gasteiger partial charge on any atom is 0.237 e. The molecular formula is C12H13N3O2. The lowest BCUT2D eigenvalue weighted by Crippen LogP contribution is -1.94. The minimum Gasteiger partial charge on any atom is -0.494 e. The van der Waals surface area contributed by atoms with E-state index < -0.39 is 0 Å². The third-order valence-electron chi connectivity index (χ3n) is 2.01. The maximum atomic E-state index is 5.48. The van der Waals surface area contributed by atoms with Crippen molar-refractivity contribution in [2.75, 3.05) is 12.3 Å². The molecule has 88 valence electrons. The normalized spacial score (nSPS) is 9.94. The summed E-state index contributed by atoms with van der Waals surface area (Å²) in [4.78, 5) is 7.88.